The molecule has 3 heterocycles. The lowest BCUT2D eigenvalue weighted by Crippen LogP contribution is -2.46. The molecule has 0 atom stereocenters. The van der Waals surface area contributed by atoms with E-state index in [2.05, 4.69) is 32.2 Å². The highest BCUT2D eigenvalue weighted by molar-refractivity contribution is 5.97. The van der Waals surface area contributed by atoms with E-state index in [9.17, 15) is 10.4 Å². The van der Waals surface area contributed by atoms with Gasteiger partial charge in [0.15, 0.2) is 11.5 Å². The van der Waals surface area contributed by atoms with Crippen molar-refractivity contribution in [3.63, 3.8) is 0 Å². The van der Waals surface area contributed by atoms with Crippen molar-refractivity contribution < 1.29 is 19.3 Å². The summed E-state index contributed by atoms with van der Waals surface area (Å²) < 4.78 is 16.5. The minimum atomic E-state index is 0.193. The molecule has 5 rings (SSSR count). The number of nitrogens with one attached hydrogen (secondary N) is 1. The van der Waals surface area contributed by atoms with Crippen molar-refractivity contribution in [1.29, 1.82) is 5.26 Å². The van der Waals surface area contributed by atoms with Gasteiger partial charge in [0.1, 0.15) is 6.07 Å². The van der Waals surface area contributed by atoms with Gasteiger partial charge < -0.3 is 24.6 Å². The first kappa shape index (κ1) is 28.1. The van der Waals surface area contributed by atoms with Crippen LogP contribution in [0.3, 0.4) is 0 Å². The molecule has 0 spiro atoms. The van der Waals surface area contributed by atoms with Crippen LogP contribution < -0.4 is 19.5 Å². The quantitative estimate of drug-likeness (QED) is 0.297. The lowest BCUT2D eigenvalue weighted by Gasteiger charge is -2.34. The number of nitrogens with zero attached hydrogens (tertiary/aromatic N) is 5. The maximum atomic E-state index is 9.88. The van der Waals surface area contributed by atoms with Crippen LogP contribution in [-0.2, 0) is 6.54 Å². The molecule has 10 heteroatoms. The molecule has 0 bridgehead atoms. The summed E-state index contributed by atoms with van der Waals surface area (Å²) in [6.07, 6.45) is 3.39. The Kier molecular flexibility index (Phi) is 8.79. The number of benzene rings is 2. The molecule has 2 aromatic heterocycles. The van der Waals surface area contributed by atoms with Crippen LogP contribution in [0.15, 0.2) is 54.9 Å². The number of fused-ring (bicyclic) bond motifs is 1. The summed E-state index contributed by atoms with van der Waals surface area (Å²) in [4.78, 5) is 14.1. The van der Waals surface area contributed by atoms with Gasteiger partial charge in [-0.25, -0.2) is 0 Å². The molecule has 1 aliphatic rings. The Labute approximate surface area is 239 Å². The number of methoxy groups -OCH3 is 3. The Bertz CT molecular complexity index is 1540. The molecule has 1 saturated heterocycles. The van der Waals surface area contributed by atoms with E-state index in [0.29, 0.717) is 34.2 Å². The average molecular weight is 555 g/mol. The molecule has 0 saturated carbocycles. The number of rotatable bonds is 10. The number of hydrogen-bond donors (Lipinski definition) is 2. The Morgan fingerprint density at radius 2 is 1.68 bits per heavy atom. The van der Waals surface area contributed by atoms with Crippen molar-refractivity contribution in [2.75, 3.05) is 66.0 Å². The summed E-state index contributed by atoms with van der Waals surface area (Å²) in [5, 5.41) is 23.3. The number of pyridine rings is 2. The summed E-state index contributed by atoms with van der Waals surface area (Å²) in [7, 11) is 4.68. The molecule has 2 N–H and O–H groups in total. The second-order valence-electron chi connectivity index (χ2n) is 9.78. The smallest absolute Gasteiger partial charge is 0.203 e. The zero-order valence-corrected chi connectivity index (χ0v) is 23.6. The SMILES string of the molecule is COc1cc(Nc2c(C#N)cnc3cc(-c4ncccc4CN4CCN(CCO)CC4)ccc23)cc(OC)c1OC. The van der Waals surface area contributed by atoms with Crippen molar-refractivity contribution in [3.05, 3.63) is 66.0 Å². The Morgan fingerprint density at radius 1 is 0.951 bits per heavy atom. The lowest BCUT2D eigenvalue weighted by molar-refractivity contribution is 0.108. The minimum Gasteiger partial charge on any atom is -0.493 e. The van der Waals surface area contributed by atoms with Crippen molar-refractivity contribution >= 4 is 22.3 Å². The summed E-state index contributed by atoms with van der Waals surface area (Å²) in [5.41, 5.74) is 5.50. The third-order valence-electron chi connectivity index (χ3n) is 7.36. The van der Waals surface area contributed by atoms with Crippen LogP contribution in [0.1, 0.15) is 11.1 Å². The number of aliphatic hydroxyl groups excluding tert-OH is 1. The van der Waals surface area contributed by atoms with E-state index in [4.69, 9.17) is 19.2 Å². The predicted molar refractivity (Wildman–Crippen MR) is 158 cm³/mol. The van der Waals surface area contributed by atoms with Crippen molar-refractivity contribution in [2.24, 2.45) is 0 Å². The normalized spacial score (nSPS) is 14.0. The van der Waals surface area contributed by atoms with Crippen LogP contribution in [0.4, 0.5) is 11.4 Å². The number of aromatic nitrogens is 2. The van der Waals surface area contributed by atoms with Crippen molar-refractivity contribution in [1.82, 2.24) is 19.8 Å². The molecule has 2 aromatic carbocycles. The van der Waals surface area contributed by atoms with Crippen LogP contribution in [-0.4, -0.2) is 85.5 Å². The number of nitriles is 1. The average Bonchev–Trinajstić information content (AvgIpc) is 3.01. The summed E-state index contributed by atoms with van der Waals surface area (Å²) in [5.74, 6) is 1.50. The summed E-state index contributed by atoms with van der Waals surface area (Å²) in [6.45, 7) is 5.49. The standard InChI is InChI=1S/C31H34N6O4/c1-39-27-16-24(17-28(40-2)31(27)41-3)35-30-23(18-32)19-34-26-15-21(6-7-25(26)30)29-22(5-4-8-33-29)20-37-11-9-36(10-12-37)13-14-38/h4-8,15-17,19,38H,9-14,20H2,1-3H3,(H,34,35). The van der Waals surface area contributed by atoms with E-state index < -0.39 is 0 Å². The maximum absolute atomic E-state index is 9.88. The summed E-state index contributed by atoms with van der Waals surface area (Å²) in [6, 6.07) is 16.0. The maximum Gasteiger partial charge on any atom is 0.203 e. The third kappa shape index (κ3) is 6.02. The highest BCUT2D eigenvalue weighted by Crippen LogP contribution is 2.41. The molecule has 10 nitrogen and oxygen atoms in total. The largest absolute Gasteiger partial charge is 0.493 e. The summed E-state index contributed by atoms with van der Waals surface area (Å²) >= 11 is 0. The number of hydrogen-bond acceptors (Lipinski definition) is 10. The predicted octanol–water partition coefficient (Wildman–Crippen LogP) is 4.05. The van der Waals surface area contributed by atoms with E-state index in [1.165, 1.54) is 0 Å². The fraction of sp³-hybridized carbons (Fsp3) is 0.323. The van der Waals surface area contributed by atoms with Crippen LogP contribution in [0.25, 0.3) is 22.2 Å². The van der Waals surface area contributed by atoms with Gasteiger partial charge in [0.25, 0.3) is 0 Å². The van der Waals surface area contributed by atoms with Gasteiger partial charge in [-0.3, -0.25) is 19.8 Å². The first-order valence-corrected chi connectivity index (χ1v) is 13.5. The van der Waals surface area contributed by atoms with Crippen LogP contribution >= 0.6 is 0 Å². The molecule has 0 unspecified atom stereocenters. The molecule has 1 fully saturated rings. The van der Waals surface area contributed by atoms with E-state index in [1.54, 1.807) is 39.7 Å². The second-order valence-corrected chi connectivity index (χ2v) is 9.78. The Balaban J connectivity index is 1.46. The molecule has 212 valence electrons. The number of ether oxygens (including phenoxy) is 3. The van der Waals surface area contributed by atoms with E-state index in [0.717, 1.165) is 67.0 Å². The minimum absolute atomic E-state index is 0.193. The van der Waals surface area contributed by atoms with Crippen LogP contribution in [0, 0.1) is 11.3 Å². The third-order valence-corrected chi connectivity index (χ3v) is 7.36. The lowest BCUT2D eigenvalue weighted by atomic mass is 10.0. The molecule has 41 heavy (non-hydrogen) atoms. The number of aliphatic hydroxyl groups is 1. The monoisotopic (exact) mass is 554 g/mol. The van der Waals surface area contributed by atoms with Crippen LogP contribution in [0.2, 0.25) is 0 Å². The fourth-order valence-corrected chi connectivity index (χ4v) is 5.24. The van der Waals surface area contributed by atoms with Gasteiger partial charge in [-0.1, -0.05) is 12.1 Å². The van der Waals surface area contributed by atoms with E-state index in [1.807, 2.05) is 30.5 Å². The topological polar surface area (TPSA) is 116 Å². The van der Waals surface area contributed by atoms with Gasteiger partial charge in [0.2, 0.25) is 5.75 Å². The van der Waals surface area contributed by atoms with Gasteiger partial charge in [-0.2, -0.15) is 5.26 Å². The number of β-amino-alcohol motifs (C(OH)–C–C–N with tert-alkyl or cyclic N) is 1. The van der Waals surface area contributed by atoms with Crippen molar-refractivity contribution in [3.8, 4) is 34.6 Å². The van der Waals surface area contributed by atoms with E-state index >= 15 is 0 Å². The fourth-order valence-electron chi connectivity index (χ4n) is 5.24. The number of piperazine rings is 1. The van der Waals surface area contributed by atoms with Crippen molar-refractivity contribution in [2.45, 2.75) is 6.54 Å². The number of anilines is 2. The Hall–Kier alpha value is -4.43. The molecule has 1 aliphatic heterocycles. The van der Waals surface area contributed by atoms with Gasteiger partial charge in [-0.15, -0.1) is 0 Å². The van der Waals surface area contributed by atoms with Gasteiger partial charge in [0, 0.05) is 80.4 Å². The van der Waals surface area contributed by atoms with Gasteiger partial charge in [0.05, 0.1) is 50.4 Å². The second kappa shape index (κ2) is 12.8. The molecular weight excluding hydrogens is 520 g/mol. The zero-order valence-electron chi connectivity index (χ0n) is 23.6. The van der Waals surface area contributed by atoms with Gasteiger partial charge in [-0.05, 0) is 23.8 Å². The van der Waals surface area contributed by atoms with Gasteiger partial charge >= 0.3 is 0 Å². The molecular formula is C31H34N6O4. The molecule has 0 amide bonds. The molecule has 0 radical (unpaired) electrons. The molecule has 4 aromatic rings. The molecule has 0 aliphatic carbocycles. The zero-order chi connectivity index (χ0) is 28.8. The first-order valence-electron chi connectivity index (χ1n) is 13.5. The Morgan fingerprint density at radius 3 is 2.34 bits per heavy atom. The van der Waals surface area contributed by atoms with Crippen LogP contribution in [0.5, 0.6) is 17.2 Å². The highest BCUT2D eigenvalue weighted by atomic mass is 16.5. The highest BCUT2D eigenvalue weighted by Gasteiger charge is 2.19. The first-order chi connectivity index (χ1) is 20.1. The van der Waals surface area contributed by atoms with E-state index in [-0.39, 0.29) is 6.61 Å².